The average molecular weight is 275 g/mol. The first-order valence-electron chi connectivity index (χ1n) is 2.08. The van der Waals surface area contributed by atoms with Gasteiger partial charge in [0.15, 0.2) is 0 Å². The molecular formula is C5H8BrI. The molecule has 0 nitrogen and oxygen atoms in total. The maximum Gasteiger partial charge on any atom is 0.00665 e. The van der Waals surface area contributed by atoms with Crippen LogP contribution >= 0.6 is 38.5 Å². The van der Waals surface area contributed by atoms with E-state index in [1.54, 1.807) is 0 Å². The van der Waals surface area contributed by atoms with Crippen molar-refractivity contribution in [3.05, 3.63) is 11.1 Å². The van der Waals surface area contributed by atoms with Crippen LogP contribution in [-0.4, -0.2) is 4.43 Å². The summed E-state index contributed by atoms with van der Waals surface area (Å²) in [5.41, 5.74) is 0. The molecule has 0 aliphatic rings. The normalized spacial score (nSPS) is 13.6. The number of rotatable bonds is 2. The summed E-state index contributed by atoms with van der Waals surface area (Å²) in [7, 11) is 0. The zero-order valence-electron chi connectivity index (χ0n) is 4.25. The number of alkyl halides is 1. The predicted octanol–water partition coefficient (Wildman–Crippen LogP) is 2.97. The highest BCUT2D eigenvalue weighted by atomic mass is 127. The molecule has 0 aliphatic carbocycles. The first kappa shape index (κ1) is 7.95. The molecule has 7 heavy (non-hydrogen) atoms. The molecule has 0 aromatic heterocycles. The molecule has 0 unspecified atom stereocenters. The fourth-order valence-electron chi connectivity index (χ4n) is 0.0837. The third kappa shape index (κ3) is 3.53. The Kier molecular flexibility index (Phi) is 4.42. The van der Waals surface area contributed by atoms with Crippen LogP contribution in [0, 0.1) is 5.92 Å². The van der Waals surface area contributed by atoms with Gasteiger partial charge in [-0.2, -0.15) is 0 Å². The van der Waals surface area contributed by atoms with Gasteiger partial charge in [-0.25, -0.2) is 0 Å². The molecule has 0 N–H and O–H groups in total. The van der Waals surface area contributed by atoms with E-state index in [9.17, 15) is 0 Å². The number of halogens is 2. The van der Waals surface area contributed by atoms with E-state index in [-0.39, 0.29) is 0 Å². The van der Waals surface area contributed by atoms with Crippen LogP contribution in [0.25, 0.3) is 0 Å². The molecule has 0 aromatic rings. The van der Waals surface area contributed by atoms with E-state index in [1.807, 2.05) is 0 Å². The van der Waals surface area contributed by atoms with Gasteiger partial charge in [-0.15, -0.1) is 0 Å². The molecule has 0 aromatic carbocycles. The van der Waals surface area contributed by atoms with E-state index in [0.717, 1.165) is 8.91 Å². The molecule has 0 saturated carbocycles. The van der Waals surface area contributed by atoms with Gasteiger partial charge >= 0.3 is 0 Å². The molecule has 0 fully saturated rings. The third-order valence-electron chi connectivity index (χ3n) is 0.766. The van der Waals surface area contributed by atoms with Crippen LogP contribution in [0.5, 0.6) is 0 Å². The van der Waals surface area contributed by atoms with Crippen LogP contribution < -0.4 is 0 Å². The Morgan fingerprint density at radius 2 is 2.43 bits per heavy atom. The van der Waals surface area contributed by atoms with Gasteiger partial charge in [-0.05, 0) is 10.4 Å². The first-order valence-corrected chi connectivity index (χ1v) is 4.40. The van der Waals surface area contributed by atoms with Crippen LogP contribution in [0.2, 0.25) is 0 Å². The molecular weight excluding hydrogens is 267 g/mol. The Bertz CT molecular complexity index is 70.5. The van der Waals surface area contributed by atoms with Gasteiger partial charge in [0.2, 0.25) is 0 Å². The number of hydrogen-bond donors (Lipinski definition) is 0. The number of hydrogen-bond acceptors (Lipinski definition) is 0. The second kappa shape index (κ2) is 3.89. The fourth-order valence-corrected chi connectivity index (χ4v) is 1.38. The standard InChI is InChI=1S/C5H8BrI/c1-4(3-7)5(2)6/h4H,2-3H2,1H3/t4-/m1/s1. The lowest BCUT2D eigenvalue weighted by atomic mass is 10.2. The zero-order valence-corrected chi connectivity index (χ0v) is 7.99. The first-order chi connectivity index (χ1) is 3.18. The SMILES string of the molecule is C=C(Br)[C@H](C)CI. The summed E-state index contributed by atoms with van der Waals surface area (Å²) in [6.07, 6.45) is 0. The highest BCUT2D eigenvalue weighted by Crippen LogP contribution is 2.16. The molecule has 2 heteroatoms. The Labute approximate surface area is 66.6 Å². The summed E-state index contributed by atoms with van der Waals surface area (Å²) < 4.78 is 2.24. The van der Waals surface area contributed by atoms with E-state index in [0.29, 0.717) is 5.92 Å². The van der Waals surface area contributed by atoms with Crippen LogP contribution in [0.4, 0.5) is 0 Å². The Morgan fingerprint density at radius 3 is 2.43 bits per heavy atom. The van der Waals surface area contributed by atoms with Crippen molar-refractivity contribution >= 4 is 38.5 Å². The van der Waals surface area contributed by atoms with Crippen molar-refractivity contribution in [2.24, 2.45) is 5.92 Å². The van der Waals surface area contributed by atoms with Gasteiger partial charge in [0, 0.05) is 4.43 Å². The van der Waals surface area contributed by atoms with Gasteiger partial charge in [0.1, 0.15) is 0 Å². The third-order valence-corrected chi connectivity index (χ3v) is 2.87. The topological polar surface area (TPSA) is 0 Å². The highest BCUT2D eigenvalue weighted by Gasteiger charge is 1.97. The monoisotopic (exact) mass is 274 g/mol. The predicted molar refractivity (Wildman–Crippen MR) is 46.1 cm³/mol. The van der Waals surface area contributed by atoms with Crippen molar-refractivity contribution in [2.45, 2.75) is 6.92 Å². The molecule has 42 valence electrons. The van der Waals surface area contributed by atoms with Crippen LogP contribution in [0.1, 0.15) is 6.92 Å². The smallest absolute Gasteiger partial charge is 0.00665 e. The molecule has 0 aliphatic heterocycles. The fraction of sp³-hybridized carbons (Fsp3) is 0.600. The molecule has 0 radical (unpaired) electrons. The summed E-state index contributed by atoms with van der Waals surface area (Å²) in [6, 6.07) is 0. The summed E-state index contributed by atoms with van der Waals surface area (Å²) in [4.78, 5) is 0. The minimum atomic E-state index is 0.612. The Hall–Kier alpha value is 0.950. The summed E-state index contributed by atoms with van der Waals surface area (Å²) in [5.74, 6) is 0.612. The lowest BCUT2D eigenvalue weighted by molar-refractivity contribution is 0.854. The number of allylic oxidation sites excluding steroid dienone is 1. The van der Waals surface area contributed by atoms with Crippen molar-refractivity contribution in [3.8, 4) is 0 Å². The summed E-state index contributed by atoms with van der Waals surface area (Å²) in [6.45, 7) is 5.88. The highest BCUT2D eigenvalue weighted by molar-refractivity contribution is 14.1. The molecule has 0 spiro atoms. The van der Waals surface area contributed by atoms with Gasteiger partial charge in [-0.3, -0.25) is 0 Å². The van der Waals surface area contributed by atoms with E-state index >= 15 is 0 Å². The molecule has 0 amide bonds. The van der Waals surface area contributed by atoms with Gasteiger partial charge in [0.05, 0.1) is 0 Å². The van der Waals surface area contributed by atoms with Crippen LogP contribution in [0.3, 0.4) is 0 Å². The van der Waals surface area contributed by atoms with Gasteiger partial charge < -0.3 is 0 Å². The van der Waals surface area contributed by atoms with Crippen LogP contribution in [-0.2, 0) is 0 Å². The largest absolute Gasteiger partial charge is 0.0886 e. The van der Waals surface area contributed by atoms with E-state index < -0.39 is 0 Å². The second-order valence-corrected chi connectivity index (χ2v) is 3.40. The van der Waals surface area contributed by atoms with Crippen molar-refractivity contribution < 1.29 is 0 Å². The lowest BCUT2D eigenvalue weighted by Crippen LogP contribution is -1.91. The lowest BCUT2D eigenvalue weighted by Gasteiger charge is -2.00. The van der Waals surface area contributed by atoms with Crippen molar-refractivity contribution in [1.82, 2.24) is 0 Å². The molecule has 0 heterocycles. The average Bonchev–Trinajstić information content (AvgIpc) is 1.65. The van der Waals surface area contributed by atoms with Gasteiger partial charge in [0.25, 0.3) is 0 Å². The van der Waals surface area contributed by atoms with E-state index in [4.69, 9.17) is 0 Å². The van der Waals surface area contributed by atoms with E-state index in [1.165, 1.54) is 0 Å². The maximum absolute atomic E-state index is 3.74. The molecule has 0 bridgehead atoms. The Balaban J connectivity index is 3.34. The zero-order chi connectivity index (χ0) is 5.86. The molecule has 0 rings (SSSR count). The molecule has 0 saturated heterocycles. The maximum atomic E-state index is 3.74. The summed E-state index contributed by atoms with van der Waals surface area (Å²) >= 11 is 5.64. The van der Waals surface area contributed by atoms with Crippen molar-refractivity contribution in [3.63, 3.8) is 0 Å². The Morgan fingerprint density at radius 1 is 2.00 bits per heavy atom. The van der Waals surface area contributed by atoms with Crippen molar-refractivity contribution in [1.29, 1.82) is 0 Å². The second-order valence-electron chi connectivity index (χ2n) is 1.50. The van der Waals surface area contributed by atoms with E-state index in [2.05, 4.69) is 52.0 Å². The van der Waals surface area contributed by atoms with Crippen LogP contribution in [0.15, 0.2) is 11.1 Å². The minimum Gasteiger partial charge on any atom is -0.0886 e. The quantitative estimate of drug-likeness (QED) is 0.537. The molecule has 1 atom stereocenters. The summed E-state index contributed by atoms with van der Waals surface area (Å²) in [5, 5.41) is 0. The minimum absolute atomic E-state index is 0.612. The van der Waals surface area contributed by atoms with Crippen molar-refractivity contribution in [2.75, 3.05) is 4.43 Å². The van der Waals surface area contributed by atoms with Gasteiger partial charge in [-0.1, -0.05) is 52.0 Å².